The topological polar surface area (TPSA) is 276 Å². The Morgan fingerprint density at radius 2 is 1.57 bits per heavy atom. The number of aliphatic hydroxyl groups is 2. The molecular formula is C22H35N7O8. The van der Waals surface area contributed by atoms with E-state index in [9.17, 15) is 34.5 Å². The Bertz CT molecular complexity index is 951. The number of nitrogens with zero attached hydrogens (tertiary/aromatic N) is 1. The van der Waals surface area contributed by atoms with Crippen LogP contribution in [0.4, 0.5) is 0 Å². The third-order valence-electron chi connectivity index (χ3n) is 5.17. The lowest BCUT2D eigenvalue weighted by Crippen LogP contribution is -2.60. The van der Waals surface area contributed by atoms with Gasteiger partial charge in [-0.2, -0.15) is 0 Å². The molecule has 5 unspecified atom stereocenters. The first-order valence-electron chi connectivity index (χ1n) is 11.4. The number of amides is 3. The Hall–Kier alpha value is -3.95. The summed E-state index contributed by atoms with van der Waals surface area (Å²) in [5.41, 5.74) is 16.5. The van der Waals surface area contributed by atoms with Crippen LogP contribution >= 0.6 is 0 Å². The second kappa shape index (κ2) is 15.2. The maximum absolute atomic E-state index is 12.9. The molecule has 0 aliphatic heterocycles. The van der Waals surface area contributed by atoms with Gasteiger partial charge in [0.1, 0.15) is 29.9 Å². The summed E-state index contributed by atoms with van der Waals surface area (Å²) in [6.45, 7) is 0.671. The zero-order valence-electron chi connectivity index (χ0n) is 20.3. The number of benzene rings is 1. The molecule has 1 aromatic rings. The summed E-state index contributed by atoms with van der Waals surface area (Å²) in [4.78, 5) is 53.4. The summed E-state index contributed by atoms with van der Waals surface area (Å²) >= 11 is 0. The van der Waals surface area contributed by atoms with Crippen molar-refractivity contribution < 1.29 is 39.6 Å². The average Bonchev–Trinajstić information content (AvgIpc) is 2.83. The Morgan fingerprint density at radius 3 is 2.08 bits per heavy atom. The Kier molecular flexibility index (Phi) is 12.8. The van der Waals surface area contributed by atoms with Gasteiger partial charge in [0.05, 0.1) is 12.7 Å². The minimum atomic E-state index is -1.57. The van der Waals surface area contributed by atoms with Crippen LogP contribution in [-0.4, -0.2) is 93.5 Å². The molecule has 0 radical (unpaired) electrons. The van der Waals surface area contributed by atoms with Crippen molar-refractivity contribution in [3.05, 3.63) is 29.8 Å². The summed E-state index contributed by atoms with van der Waals surface area (Å²) in [5, 5.41) is 45.1. The number of aliphatic carboxylic acids is 1. The maximum atomic E-state index is 12.9. The number of carbonyl (C=O) groups is 4. The van der Waals surface area contributed by atoms with Crippen LogP contribution in [0.1, 0.15) is 25.3 Å². The van der Waals surface area contributed by atoms with E-state index in [1.54, 1.807) is 0 Å². The summed E-state index contributed by atoms with van der Waals surface area (Å²) in [6.07, 6.45) is -1.32. The van der Waals surface area contributed by atoms with Crippen LogP contribution in [0.2, 0.25) is 0 Å². The molecule has 1 aromatic carbocycles. The van der Waals surface area contributed by atoms with Gasteiger partial charge in [-0.3, -0.25) is 19.4 Å². The SMILES string of the molecule is CC(O)C(NC(=O)C(CCCN=C(N)N)NC(=O)C(N)CO)C(=O)NC(Cc1ccc(O)cc1)C(=O)O. The molecular weight excluding hydrogens is 490 g/mol. The van der Waals surface area contributed by atoms with Gasteiger partial charge in [-0.1, -0.05) is 12.1 Å². The molecule has 5 atom stereocenters. The first-order chi connectivity index (χ1) is 17.3. The van der Waals surface area contributed by atoms with Crippen molar-refractivity contribution in [1.82, 2.24) is 16.0 Å². The molecule has 0 aliphatic rings. The van der Waals surface area contributed by atoms with Crippen molar-refractivity contribution in [1.29, 1.82) is 0 Å². The maximum Gasteiger partial charge on any atom is 0.326 e. The number of guanidine groups is 1. The summed E-state index contributed by atoms with van der Waals surface area (Å²) in [7, 11) is 0. The second-order valence-electron chi connectivity index (χ2n) is 8.30. The number of hydrogen-bond donors (Lipinski definition) is 10. The van der Waals surface area contributed by atoms with Crippen LogP contribution in [0.5, 0.6) is 5.75 Å². The molecule has 206 valence electrons. The molecule has 0 bridgehead atoms. The molecule has 0 fully saturated rings. The molecule has 13 N–H and O–H groups in total. The third kappa shape index (κ3) is 11.1. The Labute approximate surface area is 213 Å². The number of phenolic OH excluding ortho intramolecular Hbond substituents is 1. The van der Waals surface area contributed by atoms with Crippen LogP contribution in [-0.2, 0) is 25.6 Å². The summed E-state index contributed by atoms with van der Waals surface area (Å²) in [6, 6.07) is 0.167. The minimum absolute atomic E-state index is 0.0131. The number of phenols is 1. The van der Waals surface area contributed by atoms with E-state index >= 15 is 0 Å². The first kappa shape index (κ1) is 31.1. The van der Waals surface area contributed by atoms with Crippen LogP contribution in [0, 0.1) is 0 Å². The summed E-state index contributed by atoms with van der Waals surface area (Å²) in [5.74, 6) is -4.22. The number of nitrogens with two attached hydrogens (primary N) is 3. The monoisotopic (exact) mass is 525 g/mol. The molecule has 0 heterocycles. The Balaban J connectivity index is 2.98. The Morgan fingerprint density at radius 1 is 0.973 bits per heavy atom. The highest BCUT2D eigenvalue weighted by molar-refractivity contribution is 5.94. The number of aliphatic hydroxyl groups excluding tert-OH is 2. The normalized spacial score (nSPS) is 14.8. The molecule has 0 spiro atoms. The lowest BCUT2D eigenvalue weighted by Gasteiger charge is -2.26. The predicted octanol–water partition coefficient (Wildman–Crippen LogP) is -3.77. The fraction of sp³-hybridized carbons (Fsp3) is 0.500. The van der Waals surface area contributed by atoms with E-state index in [2.05, 4.69) is 20.9 Å². The zero-order valence-corrected chi connectivity index (χ0v) is 20.3. The van der Waals surface area contributed by atoms with Crippen molar-refractivity contribution >= 4 is 29.7 Å². The minimum Gasteiger partial charge on any atom is -0.508 e. The van der Waals surface area contributed by atoms with Crippen molar-refractivity contribution in [2.24, 2.45) is 22.2 Å². The molecule has 15 nitrogen and oxygen atoms in total. The van der Waals surface area contributed by atoms with Crippen LogP contribution in [0.25, 0.3) is 0 Å². The molecule has 0 saturated heterocycles. The largest absolute Gasteiger partial charge is 0.508 e. The zero-order chi connectivity index (χ0) is 28.1. The van der Waals surface area contributed by atoms with Gasteiger partial charge in [0, 0.05) is 13.0 Å². The van der Waals surface area contributed by atoms with E-state index in [0.717, 1.165) is 0 Å². The van der Waals surface area contributed by atoms with Gasteiger partial charge < -0.3 is 53.6 Å². The summed E-state index contributed by atoms with van der Waals surface area (Å²) < 4.78 is 0. The van der Waals surface area contributed by atoms with E-state index in [-0.39, 0.29) is 37.5 Å². The molecule has 0 saturated carbocycles. The highest BCUT2D eigenvalue weighted by atomic mass is 16.4. The van der Waals surface area contributed by atoms with E-state index in [0.29, 0.717) is 5.56 Å². The lowest BCUT2D eigenvalue weighted by molar-refractivity contribution is -0.143. The second-order valence-corrected chi connectivity index (χ2v) is 8.30. The number of carboxylic acid groups (broad SMARTS) is 1. The molecule has 15 heteroatoms. The standard InChI is InChI=1S/C22H35N7O8/c1-11(31)17(20(35)28-16(21(36)37)9-12-4-6-13(32)7-5-12)29-19(34)15(3-2-8-26-22(24)25)27-18(33)14(23)10-30/h4-7,11,14-17,30-32H,2-3,8-10,23H2,1H3,(H,27,33)(H,28,35)(H,29,34)(H,36,37)(H4,24,25,26). The lowest BCUT2D eigenvalue weighted by atomic mass is 10.0. The number of aromatic hydroxyl groups is 1. The number of rotatable bonds is 15. The van der Waals surface area contributed by atoms with Gasteiger partial charge in [-0.05, 0) is 37.5 Å². The number of aliphatic imine (C=N–C) groups is 1. The molecule has 37 heavy (non-hydrogen) atoms. The first-order valence-corrected chi connectivity index (χ1v) is 11.4. The van der Waals surface area contributed by atoms with Gasteiger partial charge in [0.25, 0.3) is 0 Å². The van der Waals surface area contributed by atoms with Crippen molar-refractivity contribution in [2.75, 3.05) is 13.2 Å². The van der Waals surface area contributed by atoms with Crippen molar-refractivity contribution in [3.8, 4) is 5.75 Å². The molecule has 0 aromatic heterocycles. The van der Waals surface area contributed by atoms with Crippen LogP contribution < -0.4 is 33.2 Å². The molecule has 3 amide bonds. The van der Waals surface area contributed by atoms with E-state index < -0.39 is 60.6 Å². The molecule has 0 aliphatic carbocycles. The fourth-order valence-corrected chi connectivity index (χ4v) is 3.12. The highest BCUT2D eigenvalue weighted by Crippen LogP contribution is 2.12. The number of carbonyl (C=O) groups excluding carboxylic acids is 3. The van der Waals surface area contributed by atoms with Crippen LogP contribution in [0.15, 0.2) is 29.3 Å². The third-order valence-corrected chi connectivity index (χ3v) is 5.17. The van der Waals surface area contributed by atoms with Gasteiger partial charge in [0.2, 0.25) is 17.7 Å². The van der Waals surface area contributed by atoms with Gasteiger partial charge >= 0.3 is 5.97 Å². The van der Waals surface area contributed by atoms with Gasteiger partial charge in [0.15, 0.2) is 5.96 Å². The van der Waals surface area contributed by atoms with E-state index in [1.807, 2.05) is 0 Å². The van der Waals surface area contributed by atoms with Crippen LogP contribution in [0.3, 0.4) is 0 Å². The van der Waals surface area contributed by atoms with Crippen molar-refractivity contribution in [3.63, 3.8) is 0 Å². The highest BCUT2D eigenvalue weighted by Gasteiger charge is 2.32. The van der Waals surface area contributed by atoms with Gasteiger partial charge in [-0.15, -0.1) is 0 Å². The van der Waals surface area contributed by atoms with E-state index in [1.165, 1.54) is 31.2 Å². The quantitative estimate of drug-likeness (QED) is 0.0602. The number of nitrogens with one attached hydrogen (secondary N) is 3. The van der Waals surface area contributed by atoms with E-state index in [4.69, 9.17) is 22.3 Å². The smallest absolute Gasteiger partial charge is 0.326 e. The molecule has 1 rings (SSSR count). The number of carboxylic acids is 1. The average molecular weight is 526 g/mol. The fourth-order valence-electron chi connectivity index (χ4n) is 3.12. The predicted molar refractivity (Wildman–Crippen MR) is 132 cm³/mol. The number of hydrogen-bond acceptors (Lipinski definition) is 9. The van der Waals surface area contributed by atoms with Gasteiger partial charge in [-0.25, -0.2) is 4.79 Å². The van der Waals surface area contributed by atoms with Crippen molar-refractivity contribution in [2.45, 2.75) is 56.5 Å².